The first-order valence-corrected chi connectivity index (χ1v) is 8.59. The molecule has 1 saturated heterocycles. The van der Waals surface area contributed by atoms with Crippen molar-refractivity contribution in [2.75, 3.05) is 19.6 Å². The van der Waals surface area contributed by atoms with Crippen molar-refractivity contribution in [2.45, 2.75) is 57.7 Å². The lowest BCUT2D eigenvalue weighted by atomic mass is 9.73. The number of nitrogens with zero attached hydrogens (tertiary/aromatic N) is 2. The van der Waals surface area contributed by atoms with Gasteiger partial charge >= 0.3 is 12.2 Å². The molecule has 2 unspecified atom stereocenters. The lowest BCUT2D eigenvalue weighted by molar-refractivity contribution is -0.148. The van der Waals surface area contributed by atoms with Gasteiger partial charge in [0.1, 0.15) is 12.1 Å². The second kappa shape index (κ2) is 7.21. The van der Waals surface area contributed by atoms with Crippen molar-refractivity contribution in [2.24, 2.45) is 5.92 Å². The minimum absolute atomic E-state index is 0.0368. The number of likely N-dealkylation sites (N-methyl/N-ethyl adjacent to an activating group) is 1. The van der Waals surface area contributed by atoms with E-state index in [0.29, 0.717) is 6.42 Å². The Morgan fingerprint density at radius 1 is 1.36 bits per heavy atom. The summed E-state index contributed by atoms with van der Waals surface area (Å²) in [7, 11) is 0. The molecule has 2 fully saturated rings. The third-order valence-electron chi connectivity index (χ3n) is 5.19. The molecule has 0 aromatic carbocycles. The summed E-state index contributed by atoms with van der Waals surface area (Å²) in [5.41, 5.74) is -0.974. The van der Waals surface area contributed by atoms with Gasteiger partial charge in [-0.05, 0) is 25.7 Å². The van der Waals surface area contributed by atoms with Crippen molar-refractivity contribution < 1.29 is 27.6 Å². The van der Waals surface area contributed by atoms with E-state index in [2.05, 4.69) is 5.32 Å². The van der Waals surface area contributed by atoms with Crippen LogP contribution in [0.25, 0.3) is 0 Å². The van der Waals surface area contributed by atoms with E-state index in [-0.39, 0.29) is 12.5 Å². The summed E-state index contributed by atoms with van der Waals surface area (Å²) >= 11 is 0. The van der Waals surface area contributed by atoms with Crippen LogP contribution < -0.4 is 5.32 Å². The first-order chi connectivity index (χ1) is 11.6. The quantitative estimate of drug-likeness (QED) is 0.762. The van der Waals surface area contributed by atoms with Gasteiger partial charge in [-0.15, -0.1) is 0 Å². The van der Waals surface area contributed by atoms with Crippen LogP contribution in [0.2, 0.25) is 0 Å². The molecule has 1 N–H and O–H groups in total. The van der Waals surface area contributed by atoms with Crippen molar-refractivity contribution in [3.63, 3.8) is 0 Å². The Hall–Kier alpha value is -1.80. The largest absolute Gasteiger partial charge is 0.390 e. The fourth-order valence-electron chi connectivity index (χ4n) is 3.60. The molecule has 1 aliphatic heterocycles. The molecule has 1 aliphatic carbocycles. The van der Waals surface area contributed by atoms with Gasteiger partial charge in [-0.1, -0.05) is 19.8 Å². The summed E-state index contributed by atoms with van der Waals surface area (Å²) in [5, 5.41) is 2.72. The summed E-state index contributed by atoms with van der Waals surface area (Å²) in [6.45, 7) is 2.53. The van der Waals surface area contributed by atoms with Crippen molar-refractivity contribution in [3.05, 3.63) is 0 Å². The molecule has 0 radical (unpaired) electrons. The molecule has 1 heterocycles. The Morgan fingerprint density at radius 2 is 2.04 bits per heavy atom. The molecule has 142 valence electrons. The van der Waals surface area contributed by atoms with E-state index >= 15 is 0 Å². The average Bonchev–Trinajstić information content (AvgIpc) is 2.75. The SMILES string of the molecule is CCN(CCC(F)(F)F)C(=O)CN1C(=O)NC2(CCCCC2C)C1=O. The van der Waals surface area contributed by atoms with Crippen molar-refractivity contribution in [1.29, 1.82) is 0 Å². The third kappa shape index (κ3) is 4.07. The number of carbonyl (C=O) groups excluding carboxylic acids is 3. The van der Waals surface area contributed by atoms with E-state index in [4.69, 9.17) is 0 Å². The number of hydrogen-bond donors (Lipinski definition) is 1. The van der Waals surface area contributed by atoms with Gasteiger partial charge in [-0.25, -0.2) is 4.79 Å². The molecule has 6 nitrogen and oxygen atoms in total. The number of hydrogen-bond acceptors (Lipinski definition) is 3. The fraction of sp³-hybridized carbons (Fsp3) is 0.812. The molecule has 2 atom stereocenters. The Kier molecular flexibility index (Phi) is 5.63. The maximum absolute atomic E-state index is 12.8. The van der Waals surface area contributed by atoms with Gasteiger partial charge in [0.15, 0.2) is 0 Å². The number of halogens is 3. The molecule has 25 heavy (non-hydrogen) atoms. The van der Waals surface area contributed by atoms with E-state index in [9.17, 15) is 27.6 Å². The fourth-order valence-corrected chi connectivity index (χ4v) is 3.60. The summed E-state index contributed by atoms with van der Waals surface area (Å²) in [4.78, 5) is 39.1. The molecule has 1 spiro atoms. The van der Waals surface area contributed by atoms with Crippen LogP contribution in [0.15, 0.2) is 0 Å². The van der Waals surface area contributed by atoms with E-state index in [1.165, 1.54) is 0 Å². The van der Waals surface area contributed by atoms with Gasteiger partial charge in [0, 0.05) is 13.1 Å². The van der Waals surface area contributed by atoms with Crippen LogP contribution >= 0.6 is 0 Å². The highest BCUT2D eigenvalue weighted by Gasteiger charge is 2.55. The summed E-state index contributed by atoms with van der Waals surface area (Å²) < 4.78 is 37.1. The topological polar surface area (TPSA) is 69.7 Å². The smallest absolute Gasteiger partial charge is 0.341 e. The van der Waals surface area contributed by atoms with Crippen LogP contribution in [0.4, 0.5) is 18.0 Å². The van der Waals surface area contributed by atoms with E-state index in [1.807, 2.05) is 6.92 Å². The number of rotatable bonds is 5. The van der Waals surface area contributed by atoms with Gasteiger partial charge in [-0.3, -0.25) is 14.5 Å². The molecule has 9 heteroatoms. The standard InChI is InChI=1S/C16H24F3N3O3/c1-3-21(9-8-16(17,18)19)12(23)10-22-13(24)15(20-14(22)25)7-5-4-6-11(15)2/h11H,3-10H2,1-2H3,(H,20,25). The lowest BCUT2D eigenvalue weighted by Crippen LogP contribution is -2.54. The molecule has 2 aliphatic rings. The summed E-state index contributed by atoms with van der Waals surface area (Å²) in [6.07, 6.45) is -2.36. The lowest BCUT2D eigenvalue weighted by Gasteiger charge is -2.36. The zero-order valence-electron chi connectivity index (χ0n) is 14.5. The number of urea groups is 1. The van der Waals surface area contributed by atoms with Crippen LogP contribution in [-0.4, -0.2) is 59.0 Å². The van der Waals surface area contributed by atoms with Crippen LogP contribution in [0.1, 0.15) is 46.0 Å². The molecule has 0 aromatic heterocycles. The van der Waals surface area contributed by atoms with Crippen LogP contribution in [0.5, 0.6) is 0 Å². The predicted molar refractivity (Wildman–Crippen MR) is 83.5 cm³/mol. The second-order valence-electron chi connectivity index (χ2n) is 6.78. The van der Waals surface area contributed by atoms with Gasteiger partial charge in [0.25, 0.3) is 5.91 Å². The van der Waals surface area contributed by atoms with E-state index in [0.717, 1.165) is 29.1 Å². The third-order valence-corrected chi connectivity index (χ3v) is 5.19. The monoisotopic (exact) mass is 363 g/mol. The molecular formula is C16H24F3N3O3. The molecule has 2 rings (SSSR count). The van der Waals surface area contributed by atoms with Crippen molar-refractivity contribution >= 4 is 17.8 Å². The Morgan fingerprint density at radius 3 is 2.60 bits per heavy atom. The molecule has 0 aromatic rings. The second-order valence-corrected chi connectivity index (χ2v) is 6.78. The van der Waals surface area contributed by atoms with Crippen LogP contribution in [0, 0.1) is 5.92 Å². The van der Waals surface area contributed by atoms with Gasteiger partial charge < -0.3 is 10.2 Å². The maximum atomic E-state index is 12.8. The van der Waals surface area contributed by atoms with Gasteiger partial charge in [-0.2, -0.15) is 13.2 Å². The zero-order valence-corrected chi connectivity index (χ0v) is 14.5. The highest BCUT2D eigenvalue weighted by atomic mass is 19.4. The maximum Gasteiger partial charge on any atom is 0.390 e. The van der Waals surface area contributed by atoms with Crippen molar-refractivity contribution in [1.82, 2.24) is 15.1 Å². The molecular weight excluding hydrogens is 339 g/mol. The summed E-state index contributed by atoms with van der Waals surface area (Å²) in [6, 6.07) is -0.640. The van der Waals surface area contributed by atoms with Crippen molar-refractivity contribution in [3.8, 4) is 0 Å². The van der Waals surface area contributed by atoms with Crippen LogP contribution in [0.3, 0.4) is 0 Å². The van der Waals surface area contributed by atoms with Crippen LogP contribution in [-0.2, 0) is 9.59 Å². The van der Waals surface area contributed by atoms with Gasteiger partial charge in [0.2, 0.25) is 5.91 Å². The number of alkyl halides is 3. The first kappa shape index (κ1) is 19.5. The molecule has 4 amide bonds. The highest BCUT2D eigenvalue weighted by Crippen LogP contribution is 2.38. The summed E-state index contributed by atoms with van der Waals surface area (Å²) in [5.74, 6) is -1.13. The van der Waals surface area contributed by atoms with E-state index in [1.54, 1.807) is 6.92 Å². The normalized spacial score (nSPS) is 26.9. The Bertz CT molecular complexity index is 552. The minimum atomic E-state index is -4.36. The first-order valence-electron chi connectivity index (χ1n) is 8.59. The van der Waals surface area contributed by atoms with E-state index < -0.39 is 49.1 Å². The zero-order chi connectivity index (χ0) is 18.8. The van der Waals surface area contributed by atoms with Gasteiger partial charge in [0.05, 0.1) is 6.42 Å². The number of amides is 4. The molecule has 1 saturated carbocycles. The predicted octanol–water partition coefficient (Wildman–Crippen LogP) is 2.29. The Balaban J connectivity index is 2.04. The number of carbonyl (C=O) groups is 3. The number of imide groups is 1. The minimum Gasteiger partial charge on any atom is -0.341 e. The number of nitrogens with one attached hydrogen (secondary N) is 1. The Labute approximate surface area is 144 Å². The molecule has 0 bridgehead atoms. The average molecular weight is 363 g/mol. The highest BCUT2D eigenvalue weighted by molar-refractivity contribution is 6.09.